The Morgan fingerprint density at radius 3 is 2.68 bits per heavy atom. The van der Waals surface area contributed by atoms with E-state index >= 15 is 0 Å². The number of aromatic nitrogens is 2. The number of hydrogen-bond acceptors (Lipinski definition) is 3. The van der Waals surface area contributed by atoms with Crippen LogP contribution in [0, 0.1) is 13.8 Å². The van der Waals surface area contributed by atoms with E-state index < -0.39 is 0 Å². The molecule has 1 unspecified atom stereocenters. The molecule has 98 valence electrons. The summed E-state index contributed by atoms with van der Waals surface area (Å²) in [6, 6.07) is 10.5. The zero-order valence-electron chi connectivity index (χ0n) is 11.3. The van der Waals surface area contributed by atoms with Gasteiger partial charge in [0.25, 0.3) is 0 Å². The highest BCUT2D eigenvalue weighted by atomic mass is 32.1. The van der Waals surface area contributed by atoms with Crippen LogP contribution < -0.4 is 5.73 Å². The molecule has 0 aliphatic heterocycles. The fourth-order valence-corrected chi connectivity index (χ4v) is 3.69. The smallest absolute Gasteiger partial charge is 0.201 e. The van der Waals surface area contributed by atoms with Gasteiger partial charge in [0.1, 0.15) is 0 Å². The number of nitrogen functional groups attached to an aromatic ring is 1. The molecule has 0 radical (unpaired) electrons. The number of imidazole rings is 1. The molecule has 3 aromatic rings. The largest absolute Gasteiger partial charge is 0.369 e. The number of nitrogens with zero attached hydrogens (tertiary/aromatic N) is 2. The van der Waals surface area contributed by atoms with Crippen LogP contribution in [-0.2, 0) is 0 Å². The Morgan fingerprint density at radius 1 is 1.26 bits per heavy atom. The van der Waals surface area contributed by atoms with E-state index in [0.717, 1.165) is 11.0 Å². The van der Waals surface area contributed by atoms with Gasteiger partial charge in [-0.3, -0.25) is 0 Å². The summed E-state index contributed by atoms with van der Waals surface area (Å²) in [5.74, 6) is 0.581. The minimum atomic E-state index is 0.206. The number of hydrogen-bond donors (Lipinski definition) is 1. The van der Waals surface area contributed by atoms with Crippen molar-refractivity contribution in [3.63, 3.8) is 0 Å². The van der Waals surface area contributed by atoms with Crippen LogP contribution in [0.1, 0.15) is 28.3 Å². The second-order valence-electron chi connectivity index (χ2n) is 4.87. The van der Waals surface area contributed by atoms with Crippen LogP contribution in [0.3, 0.4) is 0 Å². The molecule has 0 spiro atoms. The lowest BCUT2D eigenvalue weighted by molar-refractivity contribution is 0.666. The molecule has 0 fully saturated rings. The first-order valence-corrected chi connectivity index (χ1v) is 7.19. The molecule has 1 aromatic carbocycles. The minimum absolute atomic E-state index is 0.206. The van der Waals surface area contributed by atoms with Gasteiger partial charge in [0.05, 0.1) is 17.1 Å². The normalized spacial score (nSPS) is 13.0. The van der Waals surface area contributed by atoms with Crippen LogP contribution in [0.2, 0.25) is 0 Å². The first kappa shape index (κ1) is 12.2. The SMILES string of the molecule is Cc1cc(C(C)n2c(N)nc3ccccc32)c(C)s1. The number of fused-ring (bicyclic) bond motifs is 1. The van der Waals surface area contributed by atoms with Crippen molar-refractivity contribution in [3.05, 3.63) is 45.6 Å². The maximum atomic E-state index is 6.10. The Kier molecular flexibility index (Phi) is 2.82. The summed E-state index contributed by atoms with van der Waals surface area (Å²) >= 11 is 1.83. The van der Waals surface area contributed by atoms with Crippen LogP contribution in [0.5, 0.6) is 0 Å². The number of benzene rings is 1. The molecule has 2 aromatic heterocycles. The quantitative estimate of drug-likeness (QED) is 0.768. The number of rotatable bonds is 2. The first-order chi connectivity index (χ1) is 9.08. The Morgan fingerprint density at radius 2 is 2.00 bits per heavy atom. The number of aryl methyl sites for hydroxylation is 2. The Hall–Kier alpha value is -1.81. The van der Waals surface area contributed by atoms with Crippen LogP contribution >= 0.6 is 11.3 Å². The van der Waals surface area contributed by atoms with E-state index in [1.807, 2.05) is 29.5 Å². The maximum Gasteiger partial charge on any atom is 0.201 e. The van der Waals surface area contributed by atoms with E-state index in [1.165, 1.54) is 15.3 Å². The molecule has 0 aliphatic rings. The van der Waals surface area contributed by atoms with Gasteiger partial charge in [0.2, 0.25) is 5.95 Å². The van der Waals surface area contributed by atoms with Gasteiger partial charge < -0.3 is 10.3 Å². The third-order valence-electron chi connectivity index (χ3n) is 3.54. The Labute approximate surface area is 116 Å². The third kappa shape index (κ3) is 1.92. The van der Waals surface area contributed by atoms with Crippen molar-refractivity contribution in [1.82, 2.24) is 9.55 Å². The second-order valence-corrected chi connectivity index (χ2v) is 6.33. The fraction of sp³-hybridized carbons (Fsp3) is 0.267. The van der Waals surface area contributed by atoms with Crippen LogP contribution in [0.25, 0.3) is 11.0 Å². The Bertz CT molecular complexity index is 739. The van der Waals surface area contributed by atoms with Crippen molar-refractivity contribution in [2.75, 3.05) is 5.73 Å². The van der Waals surface area contributed by atoms with E-state index in [9.17, 15) is 0 Å². The van der Waals surface area contributed by atoms with Crippen molar-refractivity contribution in [1.29, 1.82) is 0 Å². The monoisotopic (exact) mass is 271 g/mol. The molecule has 2 N–H and O–H groups in total. The lowest BCUT2D eigenvalue weighted by atomic mass is 10.1. The van der Waals surface area contributed by atoms with Gasteiger partial charge in [-0.1, -0.05) is 12.1 Å². The topological polar surface area (TPSA) is 43.8 Å². The summed E-state index contributed by atoms with van der Waals surface area (Å²) in [6.07, 6.45) is 0. The van der Waals surface area contributed by atoms with Gasteiger partial charge in [-0.25, -0.2) is 4.98 Å². The molecule has 0 saturated heterocycles. The lowest BCUT2D eigenvalue weighted by Crippen LogP contribution is -2.10. The van der Waals surface area contributed by atoms with Gasteiger partial charge in [-0.05, 0) is 44.5 Å². The first-order valence-electron chi connectivity index (χ1n) is 6.37. The molecule has 19 heavy (non-hydrogen) atoms. The number of anilines is 1. The van der Waals surface area contributed by atoms with Gasteiger partial charge in [-0.2, -0.15) is 0 Å². The highest BCUT2D eigenvalue weighted by molar-refractivity contribution is 7.12. The van der Waals surface area contributed by atoms with E-state index in [4.69, 9.17) is 5.73 Å². The van der Waals surface area contributed by atoms with Gasteiger partial charge >= 0.3 is 0 Å². The average molecular weight is 271 g/mol. The zero-order chi connectivity index (χ0) is 13.6. The van der Waals surface area contributed by atoms with Crippen LogP contribution in [0.15, 0.2) is 30.3 Å². The predicted molar refractivity (Wildman–Crippen MR) is 81.8 cm³/mol. The number of nitrogens with two attached hydrogens (primary N) is 1. The average Bonchev–Trinajstić information content (AvgIpc) is 2.87. The summed E-state index contributed by atoms with van der Waals surface area (Å²) in [6.45, 7) is 6.49. The van der Waals surface area contributed by atoms with Gasteiger partial charge in [0, 0.05) is 9.75 Å². The molecule has 1 atom stereocenters. The molecular formula is C15H17N3S. The van der Waals surface area contributed by atoms with Crippen molar-refractivity contribution in [2.45, 2.75) is 26.8 Å². The molecule has 3 nitrogen and oxygen atoms in total. The lowest BCUT2D eigenvalue weighted by Gasteiger charge is -2.16. The summed E-state index contributed by atoms with van der Waals surface area (Å²) in [5, 5.41) is 0. The van der Waals surface area contributed by atoms with Crippen molar-refractivity contribution < 1.29 is 0 Å². The molecular weight excluding hydrogens is 254 g/mol. The Balaban J connectivity index is 2.19. The van der Waals surface area contributed by atoms with Crippen LogP contribution in [0.4, 0.5) is 5.95 Å². The van der Waals surface area contributed by atoms with Crippen LogP contribution in [-0.4, -0.2) is 9.55 Å². The van der Waals surface area contributed by atoms with Gasteiger partial charge in [0.15, 0.2) is 0 Å². The maximum absolute atomic E-state index is 6.10. The van der Waals surface area contributed by atoms with E-state index in [-0.39, 0.29) is 6.04 Å². The molecule has 4 heteroatoms. The summed E-state index contributed by atoms with van der Waals surface area (Å²) in [5.41, 5.74) is 9.48. The highest BCUT2D eigenvalue weighted by Crippen LogP contribution is 2.32. The molecule has 0 saturated carbocycles. The fourth-order valence-electron chi connectivity index (χ4n) is 2.67. The van der Waals surface area contributed by atoms with E-state index in [1.54, 1.807) is 0 Å². The molecule has 3 rings (SSSR count). The predicted octanol–water partition coefficient (Wildman–Crippen LogP) is 3.91. The molecule has 0 amide bonds. The standard InChI is InChI=1S/C15H17N3S/c1-9-8-12(11(3)19-9)10(2)18-14-7-5-4-6-13(14)17-15(18)16/h4-8,10H,1-3H3,(H2,16,17). The van der Waals surface area contributed by atoms with Gasteiger partial charge in [-0.15, -0.1) is 11.3 Å². The van der Waals surface area contributed by atoms with Crippen molar-refractivity contribution in [3.8, 4) is 0 Å². The molecule has 0 bridgehead atoms. The second kappa shape index (κ2) is 4.38. The molecule has 2 heterocycles. The number of para-hydroxylation sites is 2. The van der Waals surface area contributed by atoms with Crippen molar-refractivity contribution >= 4 is 28.3 Å². The number of thiophene rings is 1. The summed E-state index contributed by atoms with van der Waals surface area (Å²) < 4.78 is 2.11. The highest BCUT2D eigenvalue weighted by Gasteiger charge is 2.18. The minimum Gasteiger partial charge on any atom is -0.369 e. The summed E-state index contributed by atoms with van der Waals surface area (Å²) in [4.78, 5) is 7.13. The summed E-state index contributed by atoms with van der Waals surface area (Å²) in [7, 11) is 0. The van der Waals surface area contributed by atoms with E-state index in [0.29, 0.717) is 5.95 Å². The molecule has 0 aliphatic carbocycles. The third-order valence-corrected chi connectivity index (χ3v) is 4.52. The van der Waals surface area contributed by atoms with E-state index in [2.05, 4.69) is 42.5 Å². The van der Waals surface area contributed by atoms with Crippen molar-refractivity contribution in [2.24, 2.45) is 0 Å². The zero-order valence-corrected chi connectivity index (χ0v) is 12.2.